The van der Waals surface area contributed by atoms with Gasteiger partial charge >= 0.3 is 0 Å². The van der Waals surface area contributed by atoms with Crippen LogP contribution in [0.1, 0.15) is 11.1 Å². The van der Waals surface area contributed by atoms with Crippen molar-refractivity contribution in [3.05, 3.63) is 59.7 Å². The molecule has 0 aromatic heterocycles. The second kappa shape index (κ2) is 5.87. The van der Waals surface area contributed by atoms with Gasteiger partial charge in [-0.15, -0.1) is 0 Å². The zero-order chi connectivity index (χ0) is 12.1. The molecule has 0 saturated carbocycles. The summed E-state index contributed by atoms with van der Waals surface area (Å²) >= 11 is 1.62. The van der Waals surface area contributed by atoms with Crippen LogP contribution in [0.2, 0.25) is 0 Å². The average Bonchev–Trinajstić information content (AvgIpc) is 2.40. The highest BCUT2D eigenvalue weighted by Gasteiger charge is 2.04. The number of rotatable bonds is 4. The number of hydrogen-bond acceptors (Lipinski definition) is 3. The monoisotopic (exact) mass is 246 g/mol. The summed E-state index contributed by atoms with van der Waals surface area (Å²) in [6, 6.07) is 15.7. The van der Waals surface area contributed by atoms with Crippen LogP contribution in [0.25, 0.3) is 0 Å². The lowest BCUT2D eigenvalue weighted by Crippen LogP contribution is -1.91. The molecule has 2 rings (SSSR count). The molecule has 0 fully saturated rings. The molecule has 0 heterocycles. The third kappa shape index (κ3) is 3.09. The van der Waals surface area contributed by atoms with E-state index in [9.17, 15) is 5.11 Å². The van der Waals surface area contributed by atoms with Crippen LogP contribution >= 0.6 is 11.8 Å². The fraction of sp³-hybridized carbons (Fsp3) is 0.143. The predicted molar refractivity (Wildman–Crippen MR) is 68.9 cm³/mol. The number of aliphatic hydroxyl groups excluding tert-OH is 2. The molecule has 0 aliphatic carbocycles. The molecule has 0 atom stereocenters. The normalized spacial score (nSPS) is 10.5. The van der Waals surface area contributed by atoms with Crippen LogP contribution in [0.5, 0.6) is 0 Å². The van der Waals surface area contributed by atoms with Crippen molar-refractivity contribution in [2.24, 2.45) is 0 Å². The molecule has 88 valence electrons. The highest BCUT2D eigenvalue weighted by molar-refractivity contribution is 7.99. The molecule has 3 heteroatoms. The van der Waals surface area contributed by atoms with E-state index >= 15 is 0 Å². The molecule has 0 spiro atoms. The Morgan fingerprint density at radius 3 is 2.29 bits per heavy atom. The molecule has 2 N–H and O–H groups in total. The van der Waals surface area contributed by atoms with Crippen molar-refractivity contribution < 1.29 is 10.2 Å². The summed E-state index contributed by atoms with van der Waals surface area (Å²) in [4.78, 5) is 2.16. The smallest absolute Gasteiger partial charge is 0.0692 e. The Balaban J connectivity index is 2.26. The predicted octanol–water partition coefficient (Wildman–Crippen LogP) is 2.82. The fourth-order valence-electron chi connectivity index (χ4n) is 1.57. The number of benzene rings is 2. The largest absolute Gasteiger partial charge is 0.392 e. The van der Waals surface area contributed by atoms with E-state index in [1.54, 1.807) is 11.8 Å². The summed E-state index contributed by atoms with van der Waals surface area (Å²) in [6.45, 7) is -0.00765. The molecule has 0 aliphatic rings. The molecule has 17 heavy (non-hydrogen) atoms. The van der Waals surface area contributed by atoms with E-state index < -0.39 is 0 Å². The van der Waals surface area contributed by atoms with Crippen molar-refractivity contribution in [3.8, 4) is 0 Å². The van der Waals surface area contributed by atoms with Crippen molar-refractivity contribution in [3.63, 3.8) is 0 Å². The third-order valence-corrected chi connectivity index (χ3v) is 3.57. The second-order valence-electron chi connectivity index (χ2n) is 3.67. The van der Waals surface area contributed by atoms with Crippen LogP contribution in [0.3, 0.4) is 0 Å². The molecular formula is C14H14O2S. The van der Waals surface area contributed by atoms with E-state index in [0.29, 0.717) is 0 Å². The lowest BCUT2D eigenvalue weighted by Gasteiger charge is -2.08. The molecule has 0 radical (unpaired) electrons. The summed E-state index contributed by atoms with van der Waals surface area (Å²) in [5, 5.41) is 18.4. The Kier molecular flexibility index (Phi) is 4.20. The Labute approximate surface area is 105 Å². The van der Waals surface area contributed by atoms with Gasteiger partial charge in [-0.1, -0.05) is 42.1 Å². The van der Waals surface area contributed by atoms with Crippen LogP contribution < -0.4 is 0 Å². The molecule has 0 saturated heterocycles. The van der Waals surface area contributed by atoms with Gasteiger partial charge in [0.15, 0.2) is 0 Å². The first-order valence-electron chi connectivity index (χ1n) is 5.40. The molecule has 2 nitrogen and oxygen atoms in total. The van der Waals surface area contributed by atoms with E-state index in [0.717, 1.165) is 20.9 Å². The molecule has 0 bridgehead atoms. The van der Waals surface area contributed by atoms with Gasteiger partial charge in [-0.25, -0.2) is 0 Å². The standard InChI is InChI=1S/C14H14O2S/c15-9-11-6-7-14(12(8-11)10-16)17-13-4-2-1-3-5-13/h1-8,15-16H,9-10H2. The quantitative estimate of drug-likeness (QED) is 0.871. The fourth-order valence-corrected chi connectivity index (χ4v) is 2.51. The summed E-state index contributed by atoms with van der Waals surface area (Å²) < 4.78 is 0. The first-order valence-corrected chi connectivity index (χ1v) is 6.21. The van der Waals surface area contributed by atoms with Crippen LogP contribution in [0, 0.1) is 0 Å². The summed E-state index contributed by atoms with van der Waals surface area (Å²) in [6.07, 6.45) is 0. The van der Waals surface area contributed by atoms with Gasteiger partial charge in [0.25, 0.3) is 0 Å². The number of hydrogen-bond donors (Lipinski definition) is 2. The average molecular weight is 246 g/mol. The first kappa shape index (κ1) is 12.2. The SMILES string of the molecule is OCc1ccc(Sc2ccccc2)c(CO)c1. The summed E-state index contributed by atoms with van der Waals surface area (Å²) in [5.74, 6) is 0. The van der Waals surface area contributed by atoms with Crippen molar-refractivity contribution in [2.75, 3.05) is 0 Å². The molecule has 2 aromatic rings. The van der Waals surface area contributed by atoms with E-state index in [2.05, 4.69) is 0 Å². The third-order valence-electron chi connectivity index (χ3n) is 2.45. The van der Waals surface area contributed by atoms with Gasteiger partial charge < -0.3 is 10.2 Å². The minimum atomic E-state index is -0.0109. The van der Waals surface area contributed by atoms with Gasteiger partial charge in [-0.3, -0.25) is 0 Å². The maximum absolute atomic E-state index is 9.32. The molecule has 0 aliphatic heterocycles. The van der Waals surface area contributed by atoms with Gasteiger partial charge in [-0.05, 0) is 29.3 Å². The van der Waals surface area contributed by atoms with Crippen LogP contribution in [0.15, 0.2) is 58.3 Å². The van der Waals surface area contributed by atoms with E-state index in [-0.39, 0.29) is 13.2 Å². The first-order chi connectivity index (χ1) is 8.33. The van der Waals surface area contributed by atoms with Gasteiger partial charge in [0.05, 0.1) is 13.2 Å². The maximum Gasteiger partial charge on any atom is 0.0692 e. The maximum atomic E-state index is 9.32. The summed E-state index contributed by atoms with van der Waals surface area (Å²) in [7, 11) is 0. The Hall–Kier alpha value is -1.29. The van der Waals surface area contributed by atoms with E-state index in [4.69, 9.17) is 5.11 Å². The molecular weight excluding hydrogens is 232 g/mol. The zero-order valence-corrected chi connectivity index (χ0v) is 10.2. The van der Waals surface area contributed by atoms with Crippen LogP contribution in [0.4, 0.5) is 0 Å². The number of aliphatic hydroxyl groups is 2. The molecule has 0 unspecified atom stereocenters. The van der Waals surface area contributed by atoms with Crippen molar-refractivity contribution in [2.45, 2.75) is 23.0 Å². The minimum absolute atomic E-state index is 0.00326. The molecule has 2 aromatic carbocycles. The zero-order valence-electron chi connectivity index (χ0n) is 9.34. The van der Waals surface area contributed by atoms with Gasteiger partial charge in [-0.2, -0.15) is 0 Å². The minimum Gasteiger partial charge on any atom is -0.392 e. The Morgan fingerprint density at radius 1 is 0.882 bits per heavy atom. The summed E-state index contributed by atoms with van der Waals surface area (Å²) in [5.41, 5.74) is 1.68. The van der Waals surface area contributed by atoms with E-state index in [1.165, 1.54) is 0 Å². The lowest BCUT2D eigenvalue weighted by atomic mass is 10.1. The molecule has 0 amide bonds. The van der Waals surface area contributed by atoms with Gasteiger partial charge in [0, 0.05) is 9.79 Å². The Bertz CT molecular complexity index is 483. The van der Waals surface area contributed by atoms with Crippen LogP contribution in [-0.2, 0) is 13.2 Å². The van der Waals surface area contributed by atoms with Gasteiger partial charge in [0.1, 0.15) is 0 Å². The highest BCUT2D eigenvalue weighted by atomic mass is 32.2. The lowest BCUT2D eigenvalue weighted by molar-refractivity contribution is 0.273. The van der Waals surface area contributed by atoms with E-state index in [1.807, 2.05) is 48.5 Å². The van der Waals surface area contributed by atoms with Crippen molar-refractivity contribution >= 4 is 11.8 Å². The van der Waals surface area contributed by atoms with Gasteiger partial charge in [0.2, 0.25) is 0 Å². The second-order valence-corrected chi connectivity index (χ2v) is 4.79. The topological polar surface area (TPSA) is 40.5 Å². The Morgan fingerprint density at radius 2 is 1.65 bits per heavy atom. The van der Waals surface area contributed by atoms with Crippen molar-refractivity contribution in [1.82, 2.24) is 0 Å². The highest BCUT2D eigenvalue weighted by Crippen LogP contribution is 2.30. The van der Waals surface area contributed by atoms with Crippen LogP contribution in [-0.4, -0.2) is 10.2 Å². The van der Waals surface area contributed by atoms with Crippen molar-refractivity contribution in [1.29, 1.82) is 0 Å².